The number of rotatable bonds is 5. The number of hydrogen-bond acceptors (Lipinski definition) is 2. The molecule has 0 amide bonds. The monoisotopic (exact) mass is 282 g/mol. The Morgan fingerprint density at radius 2 is 2.00 bits per heavy atom. The summed E-state index contributed by atoms with van der Waals surface area (Å²) in [5.74, 6) is -0.986. The van der Waals surface area contributed by atoms with Crippen molar-refractivity contribution < 1.29 is 8.78 Å². The van der Waals surface area contributed by atoms with Crippen molar-refractivity contribution >= 4 is 0 Å². The number of likely N-dealkylation sites (tertiary alicyclic amines) is 1. The average molecular weight is 282 g/mol. The van der Waals surface area contributed by atoms with Crippen LogP contribution in [0.25, 0.3) is 0 Å². The van der Waals surface area contributed by atoms with Gasteiger partial charge in [0.2, 0.25) is 0 Å². The van der Waals surface area contributed by atoms with E-state index in [1.807, 2.05) is 6.92 Å². The van der Waals surface area contributed by atoms with Crippen molar-refractivity contribution in [3.63, 3.8) is 0 Å². The molecule has 0 bridgehead atoms. The zero-order valence-corrected chi connectivity index (χ0v) is 12.3. The summed E-state index contributed by atoms with van der Waals surface area (Å²) in [5.41, 5.74) is 0.544. The molecule has 1 heterocycles. The Balaban J connectivity index is 1.87. The minimum absolute atomic E-state index is 0.0849. The average Bonchev–Trinajstić information content (AvgIpc) is 2.41. The van der Waals surface area contributed by atoms with E-state index < -0.39 is 11.6 Å². The van der Waals surface area contributed by atoms with E-state index in [-0.39, 0.29) is 6.04 Å². The van der Waals surface area contributed by atoms with Gasteiger partial charge >= 0.3 is 0 Å². The molecular weight excluding hydrogens is 258 g/mol. The smallest absolute Gasteiger partial charge is 0.130 e. The summed E-state index contributed by atoms with van der Waals surface area (Å²) < 4.78 is 26.6. The number of benzene rings is 1. The van der Waals surface area contributed by atoms with Gasteiger partial charge in [-0.15, -0.1) is 0 Å². The quantitative estimate of drug-likeness (QED) is 0.889. The van der Waals surface area contributed by atoms with Gasteiger partial charge in [-0.1, -0.05) is 13.0 Å². The van der Waals surface area contributed by atoms with Crippen LogP contribution in [0.15, 0.2) is 18.2 Å². The highest BCUT2D eigenvalue weighted by Gasteiger charge is 2.21. The summed E-state index contributed by atoms with van der Waals surface area (Å²) >= 11 is 0. The lowest BCUT2D eigenvalue weighted by molar-refractivity contribution is 0.192. The van der Waals surface area contributed by atoms with Crippen LogP contribution >= 0.6 is 0 Å². The van der Waals surface area contributed by atoms with Crippen LogP contribution in [0.3, 0.4) is 0 Å². The van der Waals surface area contributed by atoms with Gasteiger partial charge in [0.1, 0.15) is 11.6 Å². The van der Waals surface area contributed by atoms with E-state index in [4.69, 9.17) is 0 Å². The number of nitrogens with one attached hydrogen (secondary N) is 1. The Morgan fingerprint density at radius 3 is 2.60 bits per heavy atom. The Bertz CT molecular complexity index is 428. The molecule has 1 unspecified atom stereocenters. The maximum absolute atomic E-state index is 13.7. The molecule has 1 aliphatic heterocycles. The van der Waals surface area contributed by atoms with Gasteiger partial charge in [-0.3, -0.25) is 0 Å². The third kappa shape index (κ3) is 4.00. The Labute approximate surface area is 120 Å². The molecule has 2 rings (SSSR count). The van der Waals surface area contributed by atoms with Crippen LogP contribution in [-0.4, -0.2) is 30.6 Å². The summed E-state index contributed by atoms with van der Waals surface area (Å²) in [5, 5.41) is 3.47. The van der Waals surface area contributed by atoms with Crippen molar-refractivity contribution in [1.82, 2.24) is 10.2 Å². The lowest BCUT2D eigenvalue weighted by Crippen LogP contribution is -2.43. The normalized spacial score (nSPS) is 19.2. The first-order chi connectivity index (χ1) is 9.60. The minimum atomic E-state index is -0.522. The molecule has 20 heavy (non-hydrogen) atoms. The van der Waals surface area contributed by atoms with Crippen molar-refractivity contribution in [2.45, 2.75) is 45.2 Å². The fraction of sp³-hybridized carbons (Fsp3) is 0.625. The predicted octanol–water partition coefficient (Wildman–Crippen LogP) is 3.49. The molecule has 1 aromatic carbocycles. The zero-order valence-electron chi connectivity index (χ0n) is 12.3. The second-order valence-corrected chi connectivity index (χ2v) is 5.67. The molecule has 0 radical (unpaired) electrons. The van der Waals surface area contributed by atoms with Crippen LogP contribution in [0.4, 0.5) is 8.78 Å². The molecule has 4 heteroatoms. The van der Waals surface area contributed by atoms with E-state index in [2.05, 4.69) is 17.1 Å². The summed E-state index contributed by atoms with van der Waals surface area (Å²) in [6.07, 6.45) is 3.37. The molecule has 112 valence electrons. The van der Waals surface area contributed by atoms with Crippen LogP contribution in [0.2, 0.25) is 0 Å². The second-order valence-electron chi connectivity index (χ2n) is 5.67. The van der Waals surface area contributed by atoms with Gasteiger partial charge in [-0.25, -0.2) is 8.78 Å². The van der Waals surface area contributed by atoms with E-state index in [0.29, 0.717) is 11.6 Å². The second kappa shape index (κ2) is 7.14. The maximum atomic E-state index is 13.7. The zero-order chi connectivity index (χ0) is 14.5. The molecule has 1 saturated heterocycles. The van der Waals surface area contributed by atoms with Crippen molar-refractivity contribution in [1.29, 1.82) is 0 Å². The van der Waals surface area contributed by atoms with E-state index in [1.54, 1.807) is 0 Å². The van der Waals surface area contributed by atoms with Gasteiger partial charge < -0.3 is 10.2 Å². The third-order valence-electron chi connectivity index (χ3n) is 4.04. The number of piperidine rings is 1. The highest BCUT2D eigenvalue weighted by molar-refractivity contribution is 5.21. The molecular formula is C16H24F2N2. The fourth-order valence-electron chi connectivity index (χ4n) is 2.94. The Morgan fingerprint density at radius 1 is 1.30 bits per heavy atom. The summed E-state index contributed by atoms with van der Waals surface area (Å²) in [6.45, 7) is 7.50. The molecule has 1 aromatic rings. The summed E-state index contributed by atoms with van der Waals surface area (Å²) in [4.78, 5) is 2.47. The van der Waals surface area contributed by atoms with E-state index in [1.165, 1.54) is 18.6 Å². The fourth-order valence-corrected chi connectivity index (χ4v) is 2.94. The van der Waals surface area contributed by atoms with E-state index in [9.17, 15) is 8.78 Å². The highest BCUT2D eigenvalue weighted by atomic mass is 19.1. The van der Waals surface area contributed by atoms with Gasteiger partial charge in [-0.05, 0) is 51.9 Å². The van der Waals surface area contributed by atoms with Crippen LogP contribution in [0.1, 0.15) is 44.7 Å². The molecule has 0 saturated carbocycles. The Hall–Kier alpha value is -1.00. The lowest BCUT2D eigenvalue weighted by Gasteiger charge is -2.33. The van der Waals surface area contributed by atoms with Crippen LogP contribution < -0.4 is 5.32 Å². The topological polar surface area (TPSA) is 15.3 Å². The standard InChI is InChI=1S/C16H24F2N2/c1-3-8-20-9-6-14(7-10-20)19-12(2)15-5-4-13(17)11-16(15)18/h4-5,11-12,14,19H,3,6-10H2,1-2H3. The first-order valence-corrected chi connectivity index (χ1v) is 7.53. The van der Waals surface area contributed by atoms with Crippen molar-refractivity contribution in [2.24, 2.45) is 0 Å². The molecule has 1 fully saturated rings. The molecule has 0 aromatic heterocycles. The van der Waals surface area contributed by atoms with Crippen LogP contribution in [-0.2, 0) is 0 Å². The number of nitrogens with zero attached hydrogens (tertiary/aromatic N) is 1. The number of hydrogen-bond donors (Lipinski definition) is 1. The van der Waals surface area contributed by atoms with Crippen LogP contribution in [0, 0.1) is 11.6 Å². The van der Waals surface area contributed by atoms with Crippen molar-refractivity contribution in [3.05, 3.63) is 35.4 Å². The highest BCUT2D eigenvalue weighted by Crippen LogP contribution is 2.20. The van der Waals surface area contributed by atoms with Crippen LogP contribution in [0.5, 0.6) is 0 Å². The lowest BCUT2D eigenvalue weighted by atomic mass is 10.0. The largest absolute Gasteiger partial charge is 0.307 e. The molecule has 1 N–H and O–H groups in total. The van der Waals surface area contributed by atoms with Gasteiger partial charge in [0, 0.05) is 23.7 Å². The molecule has 0 spiro atoms. The van der Waals surface area contributed by atoms with Crippen molar-refractivity contribution in [3.8, 4) is 0 Å². The van der Waals surface area contributed by atoms with Crippen molar-refractivity contribution in [2.75, 3.05) is 19.6 Å². The molecule has 1 atom stereocenters. The SMILES string of the molecule is CCCN1CCC(NC(C)c2ccc(F)cc2F)CC1. The molecule has 1 aliphatic rings. The Kier molecular flexibility index (Phi) is 5.49. The maximum Gasteiger partial charge on any atom is 0.130 e. The van der Waals surface area contributed by atoms with Gasteiger partial charge in [0.05, 0.1) is 0 Å². The van der Waals surface area contributed by atoms with E-state index in [0.717, 1.165) is 38.5 Å². The molecule has 0 aliphatic carbocycles. The van der Waals surface area contributed by atoms with Gasteiger partial charge in [-0.2, -0.15) is 0 Å². The predicted molar refractivity (Wildman–Crippen MR) is 77.7 cm³/mol. The third-order valence-corrected chi connectivity index (χ3v) is 4.04. The van der Waals surface area contributed by atoms with E-state index >= 15 is 0 Å². The molecule has 2 nitrogen and oxygen atoms in total. The summed E-state index contributed by atoms with van der Waals surface area (Å²) in [7, 11) is 0. The number of halogens is 2. The van der Waals surface area contributed by atoms with Gasteiger partial charge in [0.25, 0.3) is 0 Å². The summed E-state index contributed by atoms with van der Waals surface area (Å²) in [6, 6.07) is 4.15. The van der Waals surface area contributed by atoms with Gasteiger partial charge in [0.15, 0.2) is 0 Å². The minimum Gasteiger partial charge on any atom is -0.307 e. The first kappa shape index (κ1) is 15.4. The first-order valence-electron chi connectivity index (χ1n) is 7.53.